The minimum Gasteiger partial charge on any atom is -0.479 e. The van der Waals surface area contributed by atoms with Gasteiger partial charge in [0.05, 0.1) is 25.3 Å². The second-order valence-corrected chi connectivity index (χ2v) is 5.00. The Bertz CT molecular complexity index is 522. The molecule has 6 heteroatoms. The molecule has 20 heavy (non-hydrogen) atoms. The SMILES string of the molecule is CCCC1(CCC)C(N)=Nc2c(OC)nc(OC)nc21. The first kappa shape index (κ1) is 14.6. The second-order valence-electron chi connectivity index (χ2n) is 5.00. The molecule has 1 aliphatic rings. The van der Waals surface area contributed by atoms with Crippen LogP contribution >= 0.6 is 0 Å². The Labute approximate surface area is 119 Å². The Morgan fingerprint density at radius 3 is 2.20 bits per heavy atom. The molecule has 2 N–H and O–H groups in total. The van der Waals surface area contributed by atoms with Gasteiger partial charge in [-0.25, -0.2) is 4.99 Å². The summed E-state index contributed by atoms with van der Waals surface area (Å²) in [6.07, 6.45) is 3.83. The van der Waals surface area contributed by atoms with E-state index in [9.17, 15) is 0 Å². The van der Waals surface area contributed by atoms with Crippen LogP contribution < -0.4 is 15.2 Å². The maximum atomic E-state index is 6.24. The quantitative estimate of drug-likeness (QED) is 0.863. The van der Waals surface area contributed by atoms with Gasteiger partial charge in [0.2, 0.25) is 5.88 Å². The van der Waals surface area contributed by atoms with Crippen LogP contribution in [0, 0.1) is 0 Å². The van der Waals surface area contributed by atoms with Crippen LogP contribution in [-0.2, 0) is 5.41 Å². The predicted octanol–water partition coefficient (Wildman–Crippen LogP) is 2.33. The van der Waals surface area contributed by atoms with Crippen molar-refractivity contribution in [3.05, 3.63) is 5.69 Å². The smallest absolute Gasteiger partial charge is 0.319 e. The molecular formula is C14H22N4O2. The minimum atomic E-state index is -0.317. The maximum absolute atomic E-state index is 6.24. The van der Waals surface area contributed by atoms with Crippen molar-refractivity contribution in [3.8, 4) is 11.9 Å². The van der Waals surface area contributed by atoms with Crippen LogP contribution in [0.25, 0.3) is 0 Å². The van der Waals surface area contributed by atoms with Crippen LogP contribution in [0.1, 0.15) is 45.2 Å². The molecule has 0 aliphatic carbocycles. The Kier molecular flexibility index (Phi) is 4.11. The summed E-state index contributed by atoms with van der Waals surface area (Å²) >= 11 is 0. The molecule has 2 heterocycles. The molecule has 0 fully saturated rings. The number of ether oxygens (including phenoxy) is 2. The number of aliphatic imine (C=N–C) groups is 1. The summed E-state index contributed by atoms with van der Waals surface area (Å²) < 4.78 is 10.5. The lowest BCUT2D eigenvalue weighted by atomic mass is 9.76. The molecule has 2 rings (SSSR count). The van der Waals surface area contributed by atoms with Crippen molar-refractivity contribution in [1.82, 2.24) is 9.97 Å². The van der Waals surface area contributed by atoms with Crippen molar-refractivity contribution in [1.29, 1.82) is 0 Å². The zero-order valence-electron chi connectivity index (χ0n) is 12.6. The van der Waals surface area contributed by atoms with E-state index in [-0.39, 0.29) is 5.41 Å². The minimum absolute atomic E-state index is 0.294. The van der Waals surface area contributed by atoms with Gasteiger partial charge in [-0.3, -0.25) is 0 Å². The fourth-order valence-corrected chi connectivity index (χ4v) is 2.90. The predicted molar refractivity (Wildman–Crippen MR) is 77.9 cm³/mol. The summed E-state index contributed by atoms with van der Waals surface area (Å²) in [6.45, 7) is 4.27. The molecule has 110 valence electrons. The number of nitrogens with two attached hydrogens (primary N) is 1. The third kappa shape index (κ3) is 2.09. The van der Waals surface area contributed by atoms with Gasteiger partial charge in [0, 0.05) is 0 Å². The highest BCUT2D eigenvalue weighted by molar-refractivity contribution is 5.99. The lowest BCUT2D eigenvalue weighted by molar-refractivity contribution is 0.346. The summed E-state index contributed by atoms with van der Waals surface area (Å²) in [5.74, 6) is 1.03. The first-order valence-corrected chi connectivity index (χ1v) is 6.98. The van der Waals surface area contributed by atoms with E-state index >= 15 is 0 Å². The Morgan fingerprint density at radius 1 is 1.05 bits per heavy atom. The summed E-state index contributed by atoms with van der Waals surface area (Å²) in [5, 5.41) is 0. The number of fused-ring (bicyclic) bond motifs is 1. The number of hydrogen-bond acceptors (Lipinski definition) is 6. The molecule has 0 spiro atoms. The summed E-state index contributed by atoms with van der Waals surface area (Å²) in [4.78, 5) is 13.2. The third-order valence-electron chi connectivity index (χ3n) is 3.74. The van der Waals surface area contributed by atoms with E-state index in [4.69, 9.17) is 15.2 Å². The van der Waals surface area contributed by atoms with Crippen LogP contribution in [0.4, 0.5) is 5.69 Å². The molecule has 0 saturated heterocycles. The molecule has 0 amide bonds. The van der Waals surface area contributed by atoms with Crippen molar-refractivity contribution in [2.45, 2.75) is 44.9 Å². The second kappa shape index (κ2) is 5.64. The van der Waals surface area contributed by atoms with E-state index in [0.717, 1.165) is 31.4 Å². The first-order chi connectivity index (χ1) is 9.62. The van der Waals surface area contributed by atoms with E-state index in [0.29, 0.717) is 23.4 Å². The van der Waals surface area contributed by atoms with Crippen molar-refractivity contribution < 1.29 is 9.47 Å². The van der Waals surface area contributed by atoms with E-state index in [1.807, 2.05) is 0 Å². The molecule has 1 aromatic rings. The summed E-state index contributed by atoms with van der Waals surface area (Å²) in [6, 6.07) is 0.294. The molecule has 0 unspecified atom stereocenters. The topological polar surface area (TPSA) is 82.6 Å². The van der Waals surface area contributed by atoms with Crippen molar-refractivity contribution in [2.75, 3.05) is 14.2 Å². The zero-order chi connectivity index (χ0) is 14.8. The number of methoxy groups -OCH3 is 2. The number of nitrogens with zero attached hydrogens (tertiary/aromatic N) is 3. The van der Waals surface area contributed by atoms with Gasteiger partial charge in [0.25, 0.3) is 0 Å². The zero-order valence-corrected chi connectivity index (χ0v) is 12.6. The molecule has 0 aromatic carbocycles. The van der Waals surface area contributed by atoms with E-state index in [2.05, 4.69) is 28.8 Å². The van der Waals surface area contributed by atoms with Gasteiger partial charge in [-0.2, -0.15) is 9.97 Å². The Morgan fingerprint density at radius 2 is 1.70 bits per heavy atom. The highest BCUT2D eigenvalue weighted by Crippen LogP contribution is 2.47. The summed E-state index contributed by atoms with van der Waals surface area (Å²) in [7, 11) is 3.11. The molecule has 0 bridgehead atoms. The average molecular weight is 278 g/mol. The average Bonchev–Trinajstić information content (AvgIpc) is 2.72. The maximum Gasteiger partial charge on any atom is 0.319 e. The van der Waals surface area contributed by atoms with Gasteiger partial charge in [-0.15, -0.1) is 0 Å². The fraction of sp³-hybridized carbons (Fsp3) is 0.643. The van der Waals surface area contributed by atoms with Gasteiger partial charge >= 0.3 is 6.01 Å². The molecule has 1 aromatic heterocycles. The monoisotopic (exact) mass is 278 g/mol. The molecule has 0 saturated carbocycles. The van der Waals surface area contributed by atoms with Crippen molar-refractivity contribution in [3.63, 3.8) is 0 Å². The van der Waals surface area contributed by atoms with Crippen LogP contribution in [-0.4, -0.2) is 30.0 Å². The van der Waals surface area contributed by atoms with E-state index < -0.39 is 0 Å². The van der Waals surface area contributed by atoms with Gasteiger partial charge < -0.3 is 15.2 Å². The normalized spacial score (nSPS) is 15.7. The highest BCUT2D eigenvalue weighted by atomic mass is 16.5. The van der Waals surface area contributed by atoms with Gasteiger partial charge in [-0.1, -0.05) is 26.7 Å². The van der Waals surface area contributed by atoms with Gasteiger partial charge in [-0.05, 0) is 12.8 Å². The van der Waals surface area contributed by atoms with Crippen LogP contribution in [0.15, 0.2) is 4.99 Å². The molecular weight excluding hydrogens is 256 g/mol. The van der Waals surface area contributed by atoms with Crippen molar-refractivity contribution >= 4 is 11.5 Å². The molecule has 0 radical (unpaired) electrons. The Hall–Kier alpha value is -1.85. The van der Waals surface area contributed by atoms with Crippen LogP contribution in [0.3, 0.4) is 0 Å². The van der Waals surface area contributed by atoms with Gasteiger partial charge in [0.15, 0.2) is 0 Å². The van der Waals surface area contributed by atoms with Crippen molar-refractivity contribution in [2.24, 2.45) is 10.7 Å². The van der Waals surface area contributed by atoms with E-state index in [1.165, 1.54) is 0 Å². The first-order valence-electron chi connectivity index (χ1n) is 6.98. The molecule has 1 aliphatic heterocycles. The van der Waals surface area contributed by atoms with Crippen LogP contribution in [0.5, 0.6) is 11.9 Å². The largest absolute Gasteiger partial charge is 0.479 e. The lowest BCUT2D eigenvalue weighted by Gasteiger charge is -2.28. The summed E-state index contributed by atoms with van der Waals surface area (Å²) in [5.41, 5.74) is 7.40. The number of amidine groups is 1. The molecule has 0 atom stereocenters. The third-order valence-corrected chi connectivity index (χ3v) is 3.74. The number of hydrogen-bond donors (Lipinski definition) is 1. The van der Waals surface area contributed by atoms with Crippen LogP contribution in [0.2, 0.25) is 0 Å². The van der Waals surface area contributed by atoms with E-state index in [1.54, 1.807) is 14.2 Å². The van der Waals surface area contributed by atoms with Gasteiger partial charge in [0.1, 0.15) is 11.5 Å². The Balaban J connectivity index is 2.63. The highest BCUT2D eigenvalue weighted by Gasteiger charge is 2.44. The molecule has 6 nitrogen and oxygen atoms in total. The lowest BCUT2D eigenvalue weighted by Crippen LogP contribution is -2.39. The fourth-order valence-electron chi connectivity index (χ4n) is 2.90. The standard InChI is InChI=1S/C14H22N4O2/c1-5-7-14(8-6-2)10-9(16-12(14)15)11(19-3)18-13(17-10)20-4/h5-8H2,1-4H3,(H2,15,16). The number of rotatable bonds is 6. The number of aromatic nitrogens is 2.